The summed E-state index contributed by atoms with van der Waals surface area (Å²) in [6.45, 7) is 8.62. The Morgan fingerprint density at radius 2 is 2.33 bits per heavy atom. The van der Waals surface area contributed by atoms with E-state index in [0.29, 0.717) is 12.6 Å². The Labute approximate surface area is 128 Å². The molecule has 1 aliphatic rings. The highest BCUT2D eigenvalue weighted by Crippen LogP contribution is 2.17. The molecule has 120 valence electrons. The lowest BCUT2D eigenvalue weighted by Crippen LogP contribution is -2.38. The van der Waals surface area contributed by atoms with Gasteiger partial charge in [0.1, 0.15) is 0 Å². The number of hydrogen-bond donors (Lipinski definition) is 1. The van der Waals surface area contributed by atoms with Crippen molar-refractivity contribution in [1.82, 2.24) is 14.5 Å². The zero-order valence-electron chi connectivity index (χ0n) is 13.7. The largest absolute Gasteiger partial charge is 0.383 e. The topological polar surface area (TPSA) is 42.3 Å². The van der Waals surface area contributed by atoms with Crippen LogP contribution in [0.3, 0.4) is 0 Å². The van der Waals surface area contributed by atoms with Crippen LogP contribution in [0, 0.1) is 0 Å². The fourth-order valence-corrected chi connectivity index (χ4v) is 3.10. The lowest BCUT2D eigenvalue weighted by atomic mass is 10.0. The molecule has 21 heavy (non-hydrogen) atoms. The minimum absolute atomic E-state index is 0.308. The number of anilines is 1. The zero-order chi connectivity index (χ0) is 15.1. The number of hydrogen-bond acceptors (Lipinski definition) is 4. The molecule has 0 radical (unpaired) electrons. The van der Waals surface area contributed by atoms with Crippen molar-refractivity contribution in [2.45, 2.75) is 51.6 Å². The van der Waals surface area contributed by atoms with Crippen molar-refractivity contribution in [3.05, 3.63) is 12.4 Å². The summed E-state index contributed by atoms with van der Waals surface area (Å²) >= 11 is 0. The van der Waals surface area contributed by atoms with E-state index in [2.05, 4.69) is 33.6 Å². The molecule has 2 unspecified atom stereocenters. The minimum Gasteiger partial charge on any atom is -0.383 e. The van der Waals surface area contributed by atoms with Crippen LogP contribution in [0.5, 0.6) is 0 Å². The van der Waals surface area contributed by atoms with Gasteiger partial charge in [0.05, 0.1) is 12.6 Å². The average Bonchev–Trinajstić information content (AvgIpc) is 2.94. The fourth-order valence-electron chi connectivity index (χ4n) is 3.10. The summed E-state index contributed by atoms with van der Waals surface area (Å²) in [6.07, 6.45) is 9.13. The summed E-state index contributed by atoms with van der Waals surface area (Å²) < 4.78 is 7.36. The van der Waals surface area contributed by atoms with E-state index >= 15 is 0 Å². The van der Waals surface area contributed by atoms with Crippen LogP contribution >= 0.6 is 0 Å². The molecule has 2 heterocycles. The molecule has 1 aromatic heterocycles. The molecular weight excluding hydrogens is 264 g/mol. The van der Waals surface area contributed by atoms with Crippen LogP contribution in [0.1, 0.15) is 45.6 Å². The number of likely N-dealkylation sites (tertiary alicyclic amines) is 1. The molecule has 0 aromatic carbocycles. The van der Waals surface area contributed by atoms with Gasteiger partial charge < -0.3 is 19.5 Å². The standard InChI is InChI=1S/C16H30N4O/c1-14-7-4-5-10-19(14)11-6-8-17-16-18-9-12-20(16)15(2)13-21-3/h9,12,14-15H,4-8,10-11,13H2,1-3H3,(H,17,18). The summed E-state index contributed by atoms with van der Waals surface area (Å²) in [4.78, 5) is 7.02. The Bertz CT molecular complexity index is 407. The van der Waals surface area contributed by atoms with E-state index in [1.807, 2.05) is 12.4 Å². The number of methoxy groups -OCH3 is 1. The van der Waals surface area contributed by atoms with Gasteiger partial charge in [0.15, 0.2) is 0 Å². The van der Waals surface area contributed by atoms with Gasteiger partial charge in [-0.05, 0) is 39.7 Å². The summed E-state index contributed by atoms with van der Waals surface area (Å²) in [5.74, 6) is 0.950. The molecule has 1 aromatic rings. The van der Waals surface area contributed by atoms with Crippen LogP contribution in [0.25, 0.3) is 0 Å². The molecule has 1 aliphatic heterocycles. The van der Waals surface area contributed by atoms with Crippen LogP contribution < -0.4 is 5.32 Å². The maximum atomic E-state index is 5.22. The molecule has 0 saturated carbocycles. The molecule has 0 bridgehead atoms. The van der Waals surface area contributed by atoms with Crippen LogP contribution in [0.4, 0.5) is 5.95 Å². The smallest absolute Gasteiger partial charge is 0.203 e. The summed E-state index contributed by atoms with van der Waals surface area (Å²) in [5.41, 5.74) is 0. The number of rotatable bonds is 8. The number of imidazole rings is 1. The van der Waals surface area contributed by atoms with Gasteiger partial charge in [-0.15, -0.1) is 0 Å². The van der Waals surface area contributed by atoms with Crippen molar-refractivity contribution < 1.29 is 4.74 Å². The van der Waals surface area contributed by atoms with E-state index in [-0.39, 0.29) is 0 Å². The number of ether oxygens (including phenoxy) is 1. The highest BCUT2D eigenvalue weighted by atomic mass is 16.5. The van der Waals surface area contributed by atoms with E-state index in [4.69, 9.17) is 4.74 Å². The SMILES string of the molecule is COCC(C)n1ccnc1NCCCN1CCCCC1C. The number of aromatic nitrogens is 2. The first-order chi connectivity index (χ1) is 10.2. The monoisotopic (exact) mass is 294 g/mol. The Hall–Kier alpha value is -1.07. The fraction of sp³-hybridized carbons (Fsp3) is 0.812. The minimum atomic E-state index is 0.308. The molecule has 1 saturated heterocycles. The first-order valence-electron chi connectivity index (χ1n) is 8.22. The van der Waals surface area contributed by atoms with E-state index in [1.54, 1.807) is 7.11 Å². The maximum absolute atomic E-state index is 5.22. The van der Waals surface area contributed by atoms with Crippen molar-refractivity contribution in [3.8, 4) is 0 Å². The highest BCUT2D eigenvalue weighted by Gasteiger charge is 2.17. The van der Waals surface area contributed by atoms with E-state index < -0.39 is 0 Å². The predicted molar refractivity (Wildman–Crippen MR) is 86.8 cm³/mol. The maximum Gasteiger partial charge on any atom is 0.203 e. The zero-order valence-corrected chi connectivity index (χ0v) is 13.7. The van der Waals surface area contributed by atoms with Gasteiger partial charge in [-0.25, -0.2) is 4.98 Å². The van der Waals surface area contributed by atoms with E-state index in [9.17, 15) is 0 Å². The second-order valence-electron chi connectivity index (χ2n) is 6.12. The van der Waals surface area contributed by atoms with Crippen LogP contribution in [0.2, 0.25) is 0 Å². The molecule has 1 N–H and O–H groups in total. The lowest BCUT2D eigenvalue weighted by molar-refractivity contribution is 0.160. The van der Waals surface area contributed by atoms with Gasteiger partial charge in [0.2, 0.25) is 5.95 Å². The van der Waals surface area contributed by atoms with Gasteiger partial charge in [-0.1, -0.05) is 6.42 Å². The van der Waals surface area contributed by atoms with Gasteiger partial charge in [0, 0.05) is 38.6 Å². The lowest BCUT2D eigenvalue weighted by Gasteiger charge is -2.33. The first-order valence-corrected chi connectivity index (χ1v) is 8.22. The molecule has 0 amide bonds. The van der Waals surface area contributed by atoms with E-state index in [1.165, 1.54) is 32.4 Å². The quantitative estimate of drug-likeness (QED) is 0.749. The van der Waals surface area contributed by atoms with Crippen LogP contribution in [0.15, 0.2) is 12.4 Å². The number of nitrogens with one attached hydrogen (secondary N) is 1. The molecule has 2 atom stereocenters. The van der Waals surface area contributed by atoms with Crippen LogP contribution in [-0.4, -0.2) is 53.8 Å². The van der Waals surface area contributed by atoms with Crippen molar-refractivity contribution in [3.63, 3.8) is 0 Å². The van der Waals surface area contributed by atoms with Crippen molar-refractivity contribution in [2.24, 2.45) is 0 Å². The van der Waals surface area contributed by atoms with Gasteiger partial charge in [-0.3, -0.25) is 0 Å². The molecule has 2 rings (SSSR count). The Kier molecular flexibility index (Phi) is 6.51. The predicted octanol–water partition coefficient (Wildman–Crippen LogP) is 2.77. The third kappa shape index (κ3) is 4.71. The Balaban J connectivity index is 1.72. The summed E-state index contributed by atoms with van der Waals surface area (Å²) in [5, 5.41) is 3.46. The van der Waals surface area contributed by atoms with Crippen molar-refractivity contribution >= 4 is 5.95 Å². The molecular formula is C16H30N4O. The first kappa shape index (κ1) is 16.3. The summed E-state index contributed by atoms with van der Waals surface area (Å²) in [7, 11) is 1.74. The molecule has 5 nitrogen and oxygen atoms in total. The third-order valence-corrected chi connectivity index (χ3v) is 4.40. The van der Waals surface area contributed by atoms with Crippen molar-refractivity contribution in [2.75, 3.05) is 38.7 Å². The van der Waals surface area contributed by atoms with Gasteiger partial charge in [0.25, 0.3) is 0 Å². The second kappa shape index (κ2) is 8.39. The van der Waals surface area contributed by atoms with Crippen molar-refractivity contribution in [1.29, 1.82) is 0 Å². The molecule has 5 heteroatoms. The number of nitrogens with zero attached hydrogens (tertiary/aromatic N) is 3. The van der Waals surface area contributed by atoms with Crippen LogP contribution in [-0.2, 0) is 4.74 Å². The normalized spacial score (nSPS) is 21.4. The second-order valence-corrected chi connectivity index (χ2v) is 6.12. The summed E-state index contributed by atoms with van der Waals surface area (Å²) in [6, 6.07) is 1.06. The molecule has 0 spiro atoms. The Morgan fingerprint density at radius 3 is 3.10 bits per heavy atom. The molecule has 0 aliphatic carbocycles. The Morgan fingerprint density at radius 1 is 1.48 bits per heavy atom. The van der Waals surface area contributed by atoms with Gasteiger partial charge in [-0.2, -0.15) is 0 Å². The molecule has 1 fully saturated rings. The third-order valence-electron chi connectivity index (χ3n) is 4.40. The van der Waals surface area contributed by atoms with Gasteiger partial charge >= 0.3 is 0 Å². The average molecular weight is 294 g/mol. The van der Waals surface area contributed by atoms with E-state index in [0.717, 1.165) is 25.0 Å². The number of piperidine rings is 1. The highest BCUT2D eigenvalue weighted by molar-refractivity contribution is 5.26.